The van der Waals surface area contributed by atoms with E-state index in [0.29, 0.717) is 0 Å². The summed E-state index contributed by atoms with van der Waals surface area (Å²) < 4.78 is 21.3. The first-order valence-corrected chi connectivity index (χ1v) is 6.88. The molecule has 1 rings (SSSR count). The molecule has 0 atom stereocenters. The summed E-state index contributed by atoms with van der Waals surface area (Å²) in [6, 6.07) is 4.02. The SMILES string of the molecule is Nc1ccc(O)cc1C(=O)NCCCS(N)(=O)=O. The zero-order valence-corrected chi connectivity index (χ0v) is 10.4. The van der Waals surface area contributed by atoms with Crippen molar-refractivity contribution in [2.75, 3.05) is 18.0 Å². The van der Waals surface area contributed by atoms with Crippen molar-refractivity contribution in [3.8, 4) is 5.75 Å². The molecule has 0 aliphatic carbocycles. The summed E-state index contributed by atoms with van der Waals surface area (Å²) in [7, 11) is -3.52. The monoisotopic (exact) mass is 273 g/mol. The summed E-state index contributed by atoms with van der Waals surface area (Å²) in [4.78, 5) is 11.7. The molecule has 0 aliphatic heterocycles. The van der Waals surface area contributed by atoms with E-state index in [9.17, 15) is 18.3 Å². The number of rotatable bonds is 5. The lowest BCUT2D eigenvalue weighted by Crippen LogP contribution is -2.27. The number of hydrogen-bond donors (Lipinski definition) is 4. The Balaban J connectivity index is 2.53. The molecular weight excluding hydrogens is 258 g/mol. The summed E-state index contributed by atoms with van der Waals surface area (Å²) in [5.41, 5.74) is 5.95. The van der Waals surface area contributed by atoms with Gasteiger partial charge in [-0.1, -0.05) is 0 Å². The Labute approximate surface area is 105 Å². The van der Waals surface area contributed by atoms with Crippen molar-refractivity contribution >= 4 is 21.6 Å². The minimum absolute atomic E-state index is 0.0705. The number of carbonyl (C=O) groups excluding carboxylic acids is 1. The van der Waals surface area contributed by atoms with Gasteiger partial charge >= 0.3 is 0 Å². The topological polar surface area (TPSA) is 136 Å². The van der Waals surface area contributed by atoms with Gasteiger partial charge in [0.25, 0.3) is 5.91 Å². The number of anilines is 1. The van der Waals surface area contributed by atoms with Crippen molar-refractivity contribution in [2.24, 2.45) is 5.14 Å². The molecule has 100 valence electrons. The molecule has 18 heavy (non-hydrogen) atoms. The number of amides is 1. The van der Waals surface area contributed by atoms with Crippen molar-refractivity contribution in [3.63, 3.8) is 0 Å². The van der Waals surface area contributed by atoms with Gasteiger partial charge in [0.15, 0.2) is 0 Å². The molecule has 0 fully saturated rings. The molecule has 0 bridgehead atoms. The summed E-state index contributed by atoms with van der Waals surface area (Å²) in [5.74, 6) is -0.750. The number of benzene rings is 1. The molecule has 0 unspecified atom stereocenters. The number of primary sulfonamides is 1. The number of aromatic hydroxyl groups is 1. The highest BCUT2D eigenvalue weighted by Crippen LogP contribution is 2.18. The highest BCUT2D eigenvalue weighted by Gasteiger charge is 2.10. The molecule has 6 N–H and O–H groups in total. The Hall–Kier alpha value is -1.80. The van der Waals surface area contributed by atoms with Crippen LogP contribution in [0.25, 0.3) is 0 Å². The van der Waals surface area contributed by atoms with Gasteiger partial charge in [-0.3, -0.25) is 4.79 Å². The Morgan fingerprint density at radius 3 is 2.67 bits per heavy atom. The Morgan fingerprint density at radius 2 is 2.06 bits per heavy atom. The van der Waals surface area contributed by atoms with Crippen LogP contribution in [0.5, 0.6) is 5.75 Å². The van der Waals surface area contributed by atoms with Gasteiger partial charge in [0.05, 0.1) is 11.3 Å². The van der Waals surface area contributed by atoms with Gasteiger partial charge in [0.2, 0.25) is 10.0 Å². The third-order valence-corrected chi connectivity index (χ3v) is 3.03. The molecule has 8 heteroatoms. The molecule has 0 saturated carbocycles. The largest absolute Gasteiger partial charge is 0.508 e. The van der Waals surface area contributed by atoms with Gasteiger partial charge in [0.1, 0.15) is 5.75 Å². The van der Waals surface area contributed by atoms with Crippen molar-refractivity contribution in [3.05, 3.63) is 23.8 Å². The third-order valence-electron chi connectivity index (χ3n) is 2.17. The highest BCUT2D eigenvalue weighted by molar-refractivity contribution is 7.89. The average molecular weight is 273 g/mol. The number of phenols is 1. The maximum absolute atomic E-state index is 11.7. The van der Waals surface area contributed by atoms with E-state index in [-0.39, 0.29) is 35.7 Å². The quantitative estimate of drug-likeness (QED) is 0.322. The first-order chi connectivity index (χ1) is 8.29. The summed E-state index contributed by atoms with van der Waals surface area (Å²) in [5, 5.41) is 16.5. The van der Waals surface area contributed by atoms with Gasteiger partial charge in [-0.25, -0.2) is 13.6 Å². The molecule has 0 aromatic heterocycles. The Bertz CT molecular complexity index is 542. The third kappa shape index (κ3) is 4.60. The maximum Gasteiger partial charge on any atom is 0.253 e. The lowest BCUT2D eigenvalue weighted by Gasteiger charge is -2.07. The van der Waals surface area contributed by atoms with Gasteiger partial charge in [0, 0.05) is 12.2 Å². The number of nitrogen functional groups attached to an aromatic ring is 1. The normalized spacial score (nSPS) is 11.2. The fourth-order valence-corrected chi connectivity index (χ4v) is 1.86. The number of phenolic OH excluding ortho intramolecular Hbond substituents is 1. The Morgan fingerprint density at radius 1 is 1.39 bits per heavy atom. The molecular formula is C10H15N3O4S. The summed E-state index contributed by atoms with van der Waals surface area (Å²) in [6.45, 7) is 0.157. The van der Waals surface area contributed by atoms with Crippen LogP contribution in [-0.2, 0) is 10.0 Å². The van der Waals surface area contributed by atoms with Crippen LogP contribution >= 0.6 is 0 Å². The predicted octanol–water partition coefficient (Wildman–Crippen LogP) is -0.617. The Kier molecular flexibility index (Phi) is 4.51. The van der Waals surface area contributed by atoms with E-state index in [1.54, 1.807) is 0 Å². The van der Waals surface area contributed by atoms with Crippen LogP contribution in [0.1, 0.15) is 16.8 Å². The van der Waals surface area contributed by atoms with E-state index < -0.39 is 15.9 Å². The standard InChI is InChI=1S/C10H15N3O4S/c11-9-3-2-7(14)6-8(9)10(15)13-4-1-5-18(12,16)17/h2-3,6,14H,1,4-5,11H2,(H,13,15)(H2,12,16,17). The zero-order chi connectivity index (χ0) is 13.8. The molecule has 0 heterocycles. The second kappa shape index (κ2) is 5.69. The average Bonchev–Trinajstić information content (AvgIpc) is 2.26. The number of carbonyl (C=O) groups is 1. The number of nitrogens with two attached hydrogens (primary N) is 2. The smallest absolute Gasteiger partial charge is 0.253 e. The molecule has 0 saturated heterocycles. The zero-order valence-electron chi connectivity index (χ0n) is 9.59. The lowest BCUT2D eigenvalue weighted by atomic mass is 10.1. The van der Waals surface area contributed by atoms with E-state index in [0.717, 1.165) is 0 Å². The van der Waals surface area contributed by atoms with E-state index in [1.165, 1.54) is 18.2 Å². The van der Waals surface area contributed by atoms with Gasteiger partial charge in [-0.2, -0.15) is 0 Å². The van der Waals surface area contributed by atoms with Crippen molar-refractivity contribution in [1.29, 1.82) is 0 Å². The highest BCUT2D eigenvalue weighted by atomic mass is 32.2. The van der Waals surface area contributed by atoms with E-state index >= 15 is 0 Å². The molecule has 0 aliphatic rings. The maximum atomic E-state index is 11.7. The number of hydrogen-bond acceptors (Lipinski definition) is 5. The summed E-state index contributed by atoms with van der Waals surface area (Å²) in [6.07, 6.45) is 0.212. The second-order valence-electron chi connectivity index (χ2n) is 3.75. The first-order valence-electron chi connectivity index (χ1n) is 5.17. The van der Waals surface area contributed by atoms with Crippen molar-refractivity contribution in [1.82, 2.24) is 5.32 Å². The first kappa shape index (κ1) is 14.3. The summed E-state index contributed by atoms with van der Waals surface area (Å²) >= 11 is 0. The van der Waals surface area contributed by atoms with Crippen molar-refractivity contribution in [2.45, 2.75) is 6.42 Å². The predicted molar refractivity (Wildman–Crippen MR) is 67.4 cm³/mol. The second-order valence-corrected chi connectivity index (χ2v) is 5.48. The fourth-order valence-electron chi connectivity index (χ4n) is 1.31. The number of sulfonamides is 1. The lowest BCUT2D eigenvalue weighted by molar-refractivity contribution is 0.0954. The van der Waals surface area contributed by atoms with Crippen LogP contribution in [0.3, 0.4) is 0 Å². The van der Waals surface area contributed by atoms with E-state index in [1.807, 2.05) is 0 Å². The molecule has 7 nitrogen and oxygen atoms in total. The number of nitrogens with one attached hydrogen (secondary N) is 1. The molecule has 0 radical (unpaired) electrons. The van der Waals surface area contributed by atoms with Crippen LogP contribution in [0, 0.1) is 0 Å². The molecule has 1 aromatic rings. The van der Waals surface area contributed by atoms with Gasteiger partial charge in [-0.05, 0) is 24.6 Å². The molecule has 1 amide bonds. The van der Waals surface area contributed by atoms with Gasteiger partial charge in [-0.15, -0.1) is 0 Å². The van der Waals surface area contributed by atoms with Gasteiger partial charge < -0.3 is 16.2 Å². The fraction of sp³-hybridized carbons (Fsp3) is 0.300. The van der Waals surface area contributed by atoms with Crippen LogP contribution < -0.4 is 16.2 Å². The van der Waals surface area contributed by atoms with Crippen LogP contribution in [0.15, 0.2) is 18.2 Å². The van der Waals surface area contributed by atoms with Crippen molar-refractivity contribution < 1.29 is 18.3 Å². The molecule has 1 aromatic carbocycles. The van der Waals surface area contributed by atoms with Crippen LogP contribution in [0.4, 0.5) is 5.69 Å². The minimum atomic E-state index is -3.52. The van der Waals surface area contributed by atoms with E-state index in [4.69, 9.17) is 10.9 Å². The molecule has 0 spiro atoms. The van der Waals surface area contributed by atoms with E-state index in [2.05, 4.69) is 5.32 Å². The van der Waals surface area contributed by atoms with Crippen LogP contribution in [0.2, 0.25) is 0 Å². The van der Waals surface area contributed by atoms with Crippen LogP contribution in [-0.4, -0.2) is 31.7 Å². The minimum Gasteiger partial charge on any atom is -0.508 e.